The number of morpholine rings is 1. The molecule has 106 valence electrons. The van der Waals surface area contributed by atoms with Crippen LogP contribution < -0.4 is 10.6 Å². The van der Waals surface area contributed by atoms with Gasteiger partial charge in [-0.05, 0) is 5.41 Å². The van der Waals surface area contributed by atoms with Crippen molar-refractivity contribution in [2.24, 2.45) is 5.41 Å². The molecule has 0 aromatic rings. The Hall–Kier alpha value is -0.650. The van der Waals surface area contributed by atoms with E-state index in [0.29, 0.717) is 19.6 Å². The van der Waals surface area contributed by atoms with Gasteiger partial charge in [-0.2, -0.15) is 0 Å². The number of hydrogen-bond donors (Lipinski definition) is 2. The molecular weight excluding hydrogens is 232 g/mol. The van der Waals surface area contributed by atoms with Crippen LogP contribution >= 0.6 is 0 Å². The fourth-order valence-electron chi connectivity index (χ4n) is 2.00. The maximum atomic E-state index is 11.8. The standard InChI is InChI=1S/C13H26N2O3/c1-13(2,3)11(17-4)8-15-12(16)7-10-9-18-6-5-14-10/h10-11,14H,5-9H2,1-4H3,(H,15,16). The Balaban J connectivity index is 2.27. The van der Waals surface area contributed by atoms with Gasteiger partial charge in [0.1, 0.15) is 0 Å². The molecule has 0 saturated carbocycles. The zero-order valence-corrected chi connectivity index (χ0v) is 11.9. The van der Waals surface area contributed by atoms with Gasteiger partial charge < -0.3 is 20.1 Å². The van der Waals surface area contributed by atoms with Gasteiger partial charge >= 0.3 is 0 Å². The smallest absolute Gasteiger partial charge is 0.221 e. The molecule has 1 heterocycles. The van der Waals surface area contributed by atoms with E-state index in [1.807, 2.05) is 0 Å². The minimum atomic E-state index is 0.0221. The van der Waals surface area contributed by atoms with Crippen molar-refractivity contribution >= 4 is 5.91 Å². The molecule has 1 aliphatic rings. The quantitative estimate of drug-likeness (QED) is 0.756. The minimum Gasteiger partial charge on any atom is -0.379 e. The van der Waals surface area contributed by atoms with Crippen molar-refractivity contribution in [3.63, 3.8) is 0 Å². The molecule has 2 N–H and O–H groups in total. The molecule has 0 radical (unpaired) electrons. The van der Waals surface area contributed by atoms with Crippen LogP contribution in [0.2, 0.25) is 0 Å². The molecule has 1 rings (SSSR count). The molecule has 1 aliphatic heterocycles. The lowest BCUT2D eigenvalue weighted by Crippen LogP contribution is -2.46. The van der Waals surface area contributed by atoms with Gasteiger partial charge in [0.05, 0.1) is 19.3 Å². The van der Waals surface area contributed by atoms with Crippen molar-refractivity contribution in [2.75, 3.05) is 33.4 Å². The number of carbonyl (C=O) groups is 1. The Kier molecular flexibility index (Phi) is 6.05. The van der Waals surface area contributed by atoms with Crippen LogP contribution in [0, 0.1) is 5.41 Å². The fourth-order valence-corrected chi connectivity index (χ4v) is 2.00. The fraction of sp³-hybridized carbons (Fsp3) is 0.923. The van der Waals surface area contributed by atoms with Crippen LogP contribution in [0.3, 0.4) is 0 Å². The normalized spacial score (nSPS) is 22.6. The number of nitrogens with one attached hydrogen (secondary N) is 2. The number of methoxy groups -OCH3 is 1. The summed E-state index contributed by atoms with van der Waals surface area (Å²) in [5.41, 5.74) is 0.0221. The van der Waals surface area contributed by atoms with E-state index in [4.69, 9.17) is 9.47 Å². The zero-order chi connectivity index (χ0) is 13.6. The van der Waals surface area contributed by atoms with Crippen LogP contribution in [0.15, 0.2) is 0 Å². The first-order valence-electron chi connectivity index (χ1n) is 6.54. The van der Waals surface area contributed by atoms with E-state index in [1.165, 1.54) is 0 Å². The lowest BCUT2D eigenvalue weighted by atomic mass is 9.89. The Bertz CT molecular complexity index is 257. The third-order valence-electron chi connectivity index (χ3n) is 3.17. The maximum absolute atomic E-state index is 11.8. The molecular formula is C13H26N2O3. The Morgan fingerprint density at radius 1 is 1.56 bits per heavy atom. The highest BCUT2D eigenvalue weighted by atomic mass is 16.5. The van der Waals surface area contributed by atoms with E-state index in [2.05, 4.69) is 31.4 Å². The molecule has 1 saturated heterocycles. The van der Waals surface area contributed by atoms with Crippen LogP contribution in [-0.2, 0) is 14.3 Å². The lowest BCUT2D eigenvalue weighted by molar-refractivity contribution is -0.123. The molecule has 2 unspecified atom stereocenters. The summed E-state index contributed by atoms with van der Waals surface area (Å²) in [5.74, 6) is 0.0456. The van der Waals surface area contributed by atoms with Crippen molar-refractivity contribution in [2.45, 2.75) is 39.3 Å². The van der Waals surface area contributed by atoms with E-state index in [0.717, 1.165) is 13.2 Å². The van der Waals surface area contributed by atoms with Gasteiger partial charge in [-0.15, -0.1) is 0 Å². The van der Waals surface area contributed by atoms with Crippen LogP contribution in [0.25, 0.3) is 0 Å². The van der Waals surface area contributed by atoms with Crippen molar-refractivity contribution in [3.05, 3.63) is 0 Å². The summed E-state index contributed by atoms with van der Waals surface area (Å²) in [6.07, 6.45) is 0.484. The summed E-state index contributed by atoms with van der Waals surface area (Å²) < 4.78 is 10.7. The minimum absolute atomic E-state index is 0.0221. The molecule has 1 amide bonds. The second kappa shape index (κ2) is 7.07. The predicted molar refractivity (Wildman–Crippen MR) is 70.5 cm³/mol. The summed E-state index contributed by atoms with van der Waals surface area (Å²) in [7, 11) is 1.68. The molecule has 0 aromatic heterocycles. The highest BCUT2D eigenvalue weighted by Gasteiger charge is 2.25. The monoisotopic (exact) mass is 258 g/mol. The summed E-state index contributed by atoms with van der Waals surface area (Å²) in [4.78, 5) is 11.8. The molecule has 5 heteroatoms. The Morgan fingerprint density at radius 2 is 2.28 bits per heavy atom. The Labute approximate surface area is 110 Å². The molecule has 0 bridgehead atoms. The van der Waals surface area contributed by atoms with Crippen LogP contribution in [-0.4, -0.2) is 51.5 Å². The highest BCUT2D eigenvalue weighted by Crippen LogP contribution is 2.20. The second-order valence-electron chi connectivity index (χ2n) is 5.82. The van der Waals surface area contributed by atoms with E-state index < -0.39 is 0 Å². The van der Waals surface area contributed by atoms with Crippen molar-refractivity contribution < 1.29 is 14.3 Å². The van der Waals surface area contributed by atoms with Crippen molar-refractivity contribution in [3.8, 4) is 0 Å². The maximum Gasteiger partial charge on any atom is 0.221 e. The number of amides is 1. The number of rotatable bonds is 5. The molecule has 0 spiro atoms. The van der Waals surface area contributed by atoms with Gasteiger partial charge in [0.15, 0.2) is 0 Å². The number of hydrogen-bond acceptors (Lipinski definition) is 4. The summed E-state index contributed by atoms with van der Waals surface area (Å²) >= 11 is 0. The summed E-state index contributed by atoms with van der Waals surface area (Å²) in [6, 6.07) is 0.134. The van der Waals surface area contributed by atoms with Gasteiger partial charge in [0, 0.05) is 32.7 Å². The average molecular weight is 258 g/mol. The molecule has 0 aromatic carbocycles. The lowest BCUT2D eigenvalue weighted by Gasteiger charge is -2.30. The number of carbonyl (C=O) groups excluding carboxylic acids is 1. The van der Waals surface area contributed by atoms with Gasteiger partial charge in [-0.1, -0.05) is 20.8 Å². The van der Waals surface area contributed by atoms with Crippen molar-refractivity contribution in [1.82, 2.24) is 10.6 Å². The van der Waals surface area contributed by atoms with Crippen molar-refractivity contribution in [1.29, 1.82) is 0 Å². The second-order valence-corrected chi connectivity index (χ2v) is 5.82. The molecule has 0 aliphatic carbocycles. The van der Waals surface area contributed by atoms with E-state index in [9.17, 15) is 4.79 Å². The first-order valence-corrected chi connectivity index (χ1v) is 6.54. The molecule has 5 nitrogen and oxygen atoms in total. The summed E-state index contributed by atoms with van der Waals surface area (Å²) in [5, 5.41) is 6.19. The predicted octanol–water partition coefficient (Wildman–Crippen LogP) is 0.542. The first-order chi connectivity index (χ1) is 8.43. The third kappa shape index (κ3) is 5.33. The SMILES string of the molecule is COC(CNC(=O)CC1COCCN1)C(C)(C)C. The van der Waals surface area contributed by atoms with Gasteiger partial charge in [-0.25, -0.2) is 0 Å². The molecule has 1 fully saturated rings. The third-order valence-corrected chi connectivity index (χ3v) is 3.17. The number of ether oxygens (including phenoxy) is 2. The topological polar surface area (TPSA) is 59.6 Å². The molecule has 18 heavy (non-hydrogen) atoms. The average Bonchev–Trinajstić information content (AvgIpc) is 2.29. The van der Waals surface area contributed by atoms with E-state index in [-0.39, 0.29) is 23.5 Å². The van der Waals surface area contributed by atoms with Crippen LogP contribution in [0.5, 0.6) is 0 Å². The Morgan fingerprint density at radius 3 is 2.78 bits per heavy atom. The largest absolute Gasteiger partial charge is 0.379 e. The van der Waals surface area contributed by atoms with Gasteiger partial charge in [0.25, 0.3) is 0 Å². The highest BCUT2D eigenvalue weighted by molar-refractivity contribution is 5.76. The summed E-state index contributed by atoms with van der Waals surface area (Å²) in [6.45, 7) is 9.01. The first kappa shape index (κ1) is 15.4. The van der Waals surface area contributed by atoms with Gasteiger partial charge in [-0.3, -0.25) is 4.79 Å². The van der Waals surface area contributed by atoms with Crippen LogP contribution in [0.1, 0.15) is 27.2 Å². The zero-order valence-electron chi connectivity index (χ0n) is 11.9. The molecule has 2 atom stereocenters. The van der Waals surface area contributed by atoms with E-state index in [1.54, 1.807) is 7.11 Å². The van der Waals surface area contributed by atoms with E-state index >= 15 is 0 Å². The van der Waals surface area contributed by atoms with Gasteiger partial charge in [0.2, 0.25) is 5.91 Å². The van der Waals surface area contributed by atoms with Crippen LogP contribution in [0.4, 0.5) is 0 Å².